The van der Waals surface area contributed by atoms with E-state index in [1.54, 1.807) is 0 Å². The van der Waals surface area contributed by atoms with Gasteiger partial charge in [-0.3, -0.25) is 4.79 Å². The monoisotopic (exact) mass is 673 g/mol. The fourth-order valence-corrected chi connectivity index (χ4v) is 10.5. The van der Waals surface area contributed by atoms with Gasteiger partial charge < -0.3 is 4.74 Å². The summed E-state index contributed by atoms with van der Waals surface area (Å²) in [5.41, 5.74) is 0. The molecule has 0 saturated heterocycles. The smallest absolute Gasteiger partial charge is 0.309 e. The van der Waals surface area contributed by atoms with Crippen LogP contribution in [-0.2, 0) is 19.3 Å². The highest BCUT2D eigenvalue weighted by atomic mass is 17.2. The molecule has 0 spiro atoms. The van der Waals surface area contributed by atoms with Crippen molar-refractivity contribution in [1.29, 1.82) is 0 Å². The average Bonchev–Trinajstić information content (AvgIpc) is 3.16. The summed E-state index contributed by atoms with van der Waals surface area (Å²) in [7, 11) is 0. The van der Waals surface area contributed by atoms with Gasteiger partial charge in [0.2, 0.25) is 0 Å². The van der Waals surface area contributed by atoms with Crippen molar-refractivity contribution in [1.82, 2.24) is 0 Å². The normalized spacial score (nSPS) is 33.1. The van der Waals surface area contributed by atoms with E-state index in [4.69, 9.17) is 20.9 Å². The van der Waals surface area contributed by atoms with Gasteiger partial charge >= 0.3 is 5.97 Å². The van der Waals surface area contributed by atoms with Crippen LogP contribution >= 0.6 is 0 Å². The van der Waals surface area contributed by atoms with Crippen LogP contribution in [0.2, 0.25) is 0 Å². The zero-order chi connectivity index (χ0) is 34.1. The third-order valence-corrected chi connectivity index (χ3v) is 13.7. The molecular weight excluding hydrogens is 604 g/mol. The van der Waals surface area contributed by atoms with E-state index >= 15 is 0 Å². The van der Waals surface area contributed by atoms with Crippen LogP contribution < -0.4 is 0 Å². The standard InChI is InChI=1S/C45H68O4/c1-3-5-7-10-14-36-19-23-38(24-20-36)40-27-21-37(22-28-40)33-48-49-44(42-15-11-8-12-16-42)34-47-45(46)43-31-29-41(30-32-43)39-25-17-35(18-26-39)13-9-6-4-2/h1,35-44H,4,6,8-9,11-13,15-34H2,2H3. The van der Waals surface area contributed by atoms with Crippen LogP contribution in [0.4, 0.5) is 0 Å². The summed E-state index contributed by atoms with van der Waals surface area (Å²) < 4.78 is 6.04. The average molecular weight is 673 g/mol. The van der Waals surface area contributed by atoms with Gasteiger partial charge in [-0.05, 0) is 168 Å². The van der Waals surface area contributed by atoms with Crippen molar-refractivity contribution in [3.8, 4) is 36.0 Å². The highest BCUT2D eigenvalue weighted by Crippen LogP contribution is 2.43. The van der Waals surface area contributed by atoms with Crippen LogP contribution in [0.5, 0.6) is 0 Å². The zero-order valence-electron chi connectivity index (χ0n) is 31.1. The van der Waals surface area contributed by atoms with Crippen molar-refractivity contribution >= 4 is 5.97 Å². The fraction of sp³-hybridized carbons (Fsp3) is 0.844. The first-order valence-electron chi connectivity index (χ1n) is 21.0. The molecule has 0 heterocycles. The molecular formula is C45H68O4. The van der Waals surface area contributed by atoms with Gasteiger partial charge in [-0.2, -0.15) is 0 Å². The van der Waals surface area contributed by atoms with Gasteiger partial charge in [-0.15, -0.1) is 6.42 Å². The lowest BCUT2D eigenvalue weighted by atomic mass is 9.68. The summed E-state index contributed by atoms with van der Waals surface area (Å²) in [4.78, 5) is 25.4. The molecule has 4 nitrogen and oxygen atoms in total. The Morgan fingerprint density at radius 2 is 1.27 bits per heavy atom. The lowest BCUT2D eigenvalue weighted by Gasteiger charge is -2.37. The minimum absolute atomic E-state index is 0.0134. The summed E-state index contributed by atoms with van der Waals surface area (Å²) in [6.45, 7) is 3.32. The number of carbonyl (C=O) groups is 1. The van der Waals surface area contributed by atoms with E-state index in [0.29, 0.717) is 31.0 Å². The van der Waals surface area contributed by atoms with E-state index in [2.05, 4.69) is 36.5 Å². The van der Waals surface area contributed by atoms with Crippen molar-refractivity contribution < 1.29 is 19.3 Å². The predicted octanol–water partition coefficient (Wildman–Crippen LogP) is 10.9. The molecule has 0 amide bonds. The van der Waals surface area contributed by atoms with Gasteiger partial charge in [-0.1, -0.05) is 70.6 Å². The predicted molar refractivity (Wildman–Crippen MR) is 199 cm³/mol. The van der Waals surface area contributed by atoms with Crippen LogP contribution in [0.15, 0.2) is 0 Å². The summed E-state index contributed by atoms with van der Waals surface area (Å²) in [6, 6.07) is 0. The van der Waals surface area contributed by atoms with Crippen LogP contribution in [0.25, 0.3) is 0 Å². The summed E-state index contributed by atoms with van der Waals surface area (Å²) in [6.07, 6.45) is 36.9. The molecule has 5 aliphatic rings. The van der Waals surface area contributed by atoms with E-state index in [1.165, 1.54) is 135 Å². The Hall–Kier alpha value is -1.93. The second kappa shape index (κ2) is 21.4. The summed E-state index contributed by atoms with van der Waals surface area (Å²) in [5.74, 6) is 19.9. The second-order valence-corrected chi connectivity index (χ2v) is 16.9. The number of ether oxygens (including phenoxy) is 1. The molecule has 5 aliphatic carbocycles. The number of terminal acetylenes is 1. The van der Waals surface area contributed by atoms with E-state index in [9.17, 15) is 4.79 Å². The minimum Gasteiger partial charge on any atom is -0.463 e. The van der Waals surface area contributed by atoms with Crippen LogP contribution in [0.1, 0.15) is 167 Å². The van der Waals surface area contributed by atoms with Crippen LogP contribution in [0.3, 0.4) is 0 Å². The Balaban J connectivity index is 0.972. The third-order valence-electron chi connectivity index (χ3n) is 13.7. The number of rotatable bonds is 14. The molecule has 0 bridgehead atoms. The molecule has 0 radical (unpaired) electrons. The van der Waals surface area contributed by atoms with Crippen molar-refractivity contribution in [3.05, 3.63) is 0 Å². The van der Waals surface area contributed by atoms with E-state index in [-0.39, 0.29) is 18.0 Å². The van der Waals surface area contributed by atoms with Gasteiger partial charge in [0.1, 0.15) is 12.7 Å². The van der Waals surface area contributed by atoms with E-state index < -0.39 is 0 Å². The maximum absolute atomic E-state index is 13.3. The Morgan fingerprint density at radius 3 is 1.88 bits per heavy atom. The third kappa shape index (κ3) is 12.7. The van der Waals surface area contributed by atoms with Crippen molar-refractivity contribution in [3.63, 3.8) is 0 Å². The molecule has 0 aliphatic heterocycles. The largest absolute Gasteiger partial charge is 0.463 e. The number of hydrogen-bond acceptors (Lipinski definition) is 4. The molecule has 5 rings (SSSR count). The SMILES string of the molecule is C#CC#CC#CC1CCC(C2CCC(COOC(COC(=O)C3CCC(C4CCC(CCCCC)CC4)CC3)C3CCCCC3)CC2)CC1. The van der Waals surface area contributed by atoms with Crippen LogP contribution in [-0.4, -0.2) is 25.3 Å². The van der Waals surface area contributed by atoms with Crippen molar-refractivity contribution in [2.24, 2.45) is 53.3 Å². The molecule has 0 aromatic carbocycles. The molecule has 0 N–H and O–H groups in total. The maximum Gasteiger partial charge on any atom is 0.309 e. The van der Waals surface area contributed by atoms with Crippen molar-refractivity contribution in [2.45, 2.75) is 174 Å². The number of unbranched alkanes of at least 4 members (excludes halogenated alkanes) is 2. The molecule has 5 fully saturated rings. The molecule has 1 atom stereocenters. The van der Waals surface area contributed by atoms with E-state index in [1.807, 2.05) is 0 Å². The Kier molecular flexibility index (Phi) is 16.8. The van der Waals surface area contributed by atoms with Gasteiger partial charge in [-0.25, -0.2) is 9.78 Å². The lowest BCUT2D eigenvalue weighted by Crippen LogP contribution is -2.35. The molecule has 0 aromatic rings. The second-order valence-electron chi connectivity index (χ2n) is 16.9. The van der Waals surface area contributed by atoms with Crippen molar-refractivity contribution in [2.75, 3.05) is 13.2 Å². The van der Waals surface area contributed by atoms with Gasteiger partial charge in [0.15, 0.2) is 0 Å². The molecule has 1 unspecified atom stereocenters. The maximum atomic E-state index is 13.3. The summed E-state index contributed by atoms with van der Waals surface area (Å²) >= 11 is 0. The van der Waals surface area contributed by atoms with Gasteiger partial charge in [0, 0.05) is 5.92 Å². The highest BCUT2D eigenvalue weighted by Gasteiger charge is 2.35. The van der Waals surface area contributed by atoms with Gasteiger partial charge in [0.25, 0.3) is 0 Å². The molecule has 49 heavy (non-hydrogen) atoms. The molecule has 0 aromatic heterocycles. The molecule has 272 valence electrons. The highest BCUT2D eigenvalue weighted by molar-refractivity contribution is 5.72. The minimum atomic E-state index is -0.139. The van der Waals surface area contributed by atoms with Gasteiger partial charge in [0.05, 0.1) is 12.5 Å². The number of hydrogen-bond donors (Lipinski definition) is 0. The summed E-state index contributed by atoms with van der Waals surface area (Å²) in [5, 5.41) is 0. The van der Waals surface area contributed by atoms with Crippen LogP contribution in [0, 0.1) is 89.3 Å². The quantitative estimate of drug-likeness (QED) is 0.0606. The zero-order valence-corrected chi connectivity index (χ0v) is 31.1. The number of carbonyl (C=O) groups excluding carboxylic acids is 1. The Morgan fingerprint density at radius 1 is 0.673 bits per heavy atom. The topological polar surface area (TPSA) is 44.8 Å². The lowest BCUT2D eigenvalue weighted by molar-refractivity contribution is -0.346. The van der Waals surface area contributed by atoms with E-state index in [0.717, 1.165) is 55.3 Å². The number of esters is 1. The Bertz CT molecular complexity index is 1110. The first-order valence-corrected chi connectivity index (χ1v) is 21.0. The molecule has 4 heteroatoms. The Labute approximate surface area is 300 Å². The fourth-order valence-electron chi connectivity index (χ4n) is 10.5. The first kappa shape index (κ1) is 38.3. The first-order chi connectivity index (χ1) is 24.1. The molecule has 5 saturated carbocycles.